The molecule has 1 aliphatic heterocycles. The first-order valence-corrected chi connectivity index (χ1v) is 7.84. The molecule has 0 aliphatic carbocycles. The van der Waals surface area contributed by atoms with E-state index in [4.69, 9.17) is 14.9 Å². The van der Waals surface area contributed by atoms with Gasteiger partial charge in [0, 0.05) is 24.1 Å². The minimum Gasteiger partial charge on any atom is -0.484 e. The van der Waals surface area contributed by atoms with Crippen LogP contribution in [0.5, 0.6) is 5.75 Å². The van der Waals surface area contributed by atoms with E-state index in [1.807, 2.05) is 6.07 Å². The predicted molar refractivity (Wildman–Crippen MR) is 85.7 cm³/mol. The third kappa shape index (κ3) is 3.03. The van der Waals surface area contributed by atoms with Gasteiger partial charge in [-0.1, -0.05) is 0 Å². The van der Waals surface area contributed by atoms with Gasteiger partial charge < -0.3 is 14.9 Å². The molecule has 0 spiro atoms. The van der Waals surface area contributed by atoms with Crippen LogP contribution in [0.3, 0.4) is 0 Å². The van der Waals surface area contributed by atoms with E-state index in [0.29, 0.717) is 15.8 Å². The molecule has 1 atom stereocenters. The first kappa shape index (κ1) is 15.1. The van der Waals surface area contributed by atoms with E-state index in [1.165, 1.54) is 0 Å². The zero-order valence-corrected chi connectivity index (χ0v) is 13.8. The lowest BCUT2D eigenvalue weighted by molar-refractivity contribution is 0.1000. The van der Waals surface area contributed by atoms with E-state index >= 15 is 0 Å². The zero-order valence-electron chi connectivity index (χ0n) is 12.2. The number of carbonyl (C=O) groups is 1. The highest BCUT2D eigenvalue weighted by Crippen LogP contribution is 2.35. The fourth-order valence-electron chi connectivity index (χ4n) is 2.61. The first-order chi connectivity index (χ1) is 10.5. The molecular weight excluding hydrogens is 348 g/mol. The van der Waals surface area contributed by atoms with Gasteiger partial charge in [-0.25, -0.2) is 0 Å². The third-order valence-corrected chi connectivity index (χ3v) is 4.42. The molecule has 1 aromatic carbocycles. The van der Waals surface area contributed by atoms with Gasteiger partial charge in [0.05, 0.1) is 17.3 Å². The smallest absolute Gasteiger partial charge is 0.248 e. The Balaban J connectivity index is 1.86. The molecule has 6 heteroatoms. The number of ether oxygens (including phenoxy) is 1. The summed E-state index contributed by atoms with van der Waals surface area (Å²) < 4.78 is 12.4. The molecule has 2 N–H and O–H groups in total. The first-order valence-electron chi connectivity index (χ1n) is 7.05. The summed E-state index contributed by atoms with van der Waals surface area (Å²) in [5, 5.41) is 0. The zero-order chi connectivity index (χ0) is 15.7. The Morgan fingerprint density at radius 2 is 2.27 bits per heavy atom. The van der Waals surface area contributed by atoms with Crippen LogP contribution in [0.2, 0.25) is 0 Å². The number of fused-ring (bicyclic) bond motifs is 1. The Kier molecular flexibility index (Phi) is 4.22. The lowest BCUT2D eigenvalue weighted by Crippen LogP contribution is -2.18. The maximum absolute atomic E-state index is 11.2. The van der Waals surface area contributed by atoms with Crippen molar-refractivity contribution in [1.82, 2.24) is 4.90 Å². The van der Waals surface area contributed by atoms with Crippen molar-refractivity contribution >= 4 is 21.8 Å². The van der Waals surface area contributed by atoms with Gasteiger partial charge in [-0.2, -0.15) is 0 Å². The quantitative estimate of drug-likeness (QED) is 0.908. The molecule has 5 nitrogen and oxygen atoms in total. The topological polar surface area (TPSA) is 68.7 Å². The van der Waals surface area contributed by atoms with Crippen molar-refractivity contribution in [1.29, 1.82) is 0 Å². The van der Waals surface area contributed by atoms with Gasteiger partial charge in [-0.3, -0.25) is 9.69 Å². The second-order valence-electron chi connectivity index (χ2n) is 5.44. The maximum atomic E-state index is 11.2. The summed E-state index contributed by atoms with van der Waals surface area (Å²) in [5.41, 5.74) is 6.81. The molecule has 0 saturated heterocycles. The highest BCUT2D eigenvalue weighted by Gasteiger charge is 2.25. The molecule has 0 radical (unpaired) electrons. The van der Waals surface area contributed by atoms with Crippen LogP contribution in [-0.2, 0) is 6.54 Å². The van der Waals surface area contributed by atoms with Crippen LogP contribution < -0.4 is 10.5 Å². The summed E-state index contributed by atoms with van der Waals surface area (Å²) in [7, 11) is 2.06. The van der Waals surface area contributed by atoms with Crippen LogP contribution in [0.4, 0.5) is 0 Å². The molecule has 0 bridgehead atoms. The second-order valence-corrected chi connectivity index (χ2v) is 6.30. The molecule has 1 amide bonds. The maximum Gasteiger partial charge on any atom is 0.248 e. The van der Waals surface area contributed by atoms with Crippen LogP contribution in [0.15, 0.2) is 39.4 Å². The monoisotopic (exact) mass is 364 g/mol. The van der Waals surface area contributed by atoms with Gasteiger partial charge in [0.1, 0.15) is 17.6 Å². The molecule has 2 heterocycles. The van der Waals surface area contributed by atoms with E-state index in [0.717, 1.165) is 30.8 Å². The van der Waals surface area contributed by atoms with E-state index in [1.54, 1.807) is 24.5 Å². The van der Waals surface area contributed by atoms with Crippen molar-refractivity contribution in [2.75, 3.05) is 13.6 Å². The van der Waals surface area contributed by atoms with Crippen LogP contribution in [0, 0.1) is 0 Å². The summed E-state index contributed by atoms with van der Waals surface area (Å²) in [5.74, 6) is 1.17. The van der Waals surface area contributed by atoms with Gasteiger partial charge in [0.15, 0.2) is 0 Å². The van der Waals surface area contributed by atoms with Crippen molar-refractivity contribution in [3.05, 3.63) is 51.9 Å². The Hall–Kier alpha value is -1.79. The van der Waals surface area contributed by atoms with Gasteiger partial charge in [0.2, 0.25) is 5.91 Å². The lowest BCUT2D eigenvalue weighted by Gasteiger charge is -2.19. The minimum absolute atomic E-state index is 0.0746. The van der Waals surface area contributed by atoms with Crippen LogP contribution in [0.1, 0.15) is 34.2 Å². The summed E-state index contributed by atoms with van der Waals surface area (Å²) in [6, 6.07) is 7.07. The van der Waals surface area contributed by atoms with Crippen LogP contribution in [-0.4, -0.2) is 24.4 Å². The van der Waals surface area contributed by atoms with Crippen molar-refractivity contribution in [2.24, 2.45) is 5.73 Å². The predicted octanol–water partition coefficient (Wildman–Crippen LogP) is 3.10. The molecule has 0 fully saturated rings. The second kappa shape index (κ2) is 6.14. The molecule has 3 rings (SSSR count). The number of hydrogen-bond acceptors (Lipinski definition) is 4. The lowest BCUT2D eigenvalue weighted by atomic mass is 10.1. The Labute approximate surface area is 137 Å². The van der Waals surface area contributed by atoms with Gasteiger partial charge in [0.25, 0.3) is 0 Å². The molecule has 116 valence electrons. The van der Waals surface area contributed by atoms with E-state index in [-0.39, 0.29) is 6.10 Å². The number of carbonyl (C=O) groups excluding carboxylic acids is 1. The fraction of sp³-hybridized carbons (Fsp3) is 0.312. The van der Waals surface area contributed by atoms with Crippen molar-refractivity contribution in [3.8, 4) is 5.75 Å². The normalized spacial score (nSPS) is 18.5. The summed E-state index contributed by atoms with van der Waals surface area (Å²) in [6.07, 6.45) is 2.49. The van der Waals surface area contributed by atoms with Crippen molar-refractivity contribution in [3.63, 3.8) is 0 Å². The number of amides is 1. The van der Waals surface area contributed by atoms with E-state index in [2.05, 4.69) is 27.9 Å². The van der Waals surface area contributed by atoms with Gasteiger partial charge >= 0.3 is 0 Å². The number of nitrogens with zero attached hydrogens (tertiary/aromatic N) is 1. The Morgan fingerprint density at radius 3 is 3.00 bits per heavy atom. The van der Waals surface area contributed by atoms with Gasteiger partial charge in [-0.05, 0) is 47.2 Å². The standard InChI is InChI=1S/C16H17BrN2O3/c1-19-6-4-13(11-5-7-21-15(11)9-19)22-14-3-2-10(16(18)20)8-12(14)17/h2-3,5,7-8,13H,4,6,9H2,1H3,(H2,18,20). The molecule has 1 unspecified atom stereocenters. The number of hydrogen-bond donors (Lipinski definition) is 1. The summed E-state index contributed by atoms with van der Waals surface area (Å²) >= 11 is 3.44. The molecule has 0 saturated carbocycles. The van der Waals surface area contributed by atoms with E-state index < -0.39 is 5.91 Å². The number of primary amides is 1. The van der Waals surface area contributed by atoms with Gasteiger partial charge in [-0.15, -0.1) is 0 Å². The number of nitrogens with two attached hydrogens (primary N) is 1. The molecule has 1 aliphatic rings. The SMILES string of the molecule is CN1CCC(Oc2ccc(C(N)=O)cc2Br)c2ccoc2C1. The average Bonchev–Trinajstić information content (AvgIpc) is 2.87. The average molecular weight is 365 g/mol. The van der Waals surface area contributed by atoms with Crippen LogP contribution >= 0.6 is 15.9 Å². The fourth-order valence-corrected chi connectivity index (χ4v) is 3.08. The number of furan rings is 1. The summed E-state index contributed by atoms with van der Waals surface area (Å²) in [6.45, 7) is 1.70. The number of rotatable bonds is 3. The Bertz CT molecular complexity index is 698. The highest BCUT2D eigenvalue weighted by atomic mass is 79.9. The number of halogens is 1. The van der Waals surface area contributed by atoms with Crippen LogP contribution in [0.25, 0.3) is 0 Å². The highest BCUT2D eigenvalue weighted by molar-refractivity contribution is 9.10. The molecule has 22 heavy (non-hydrogen) atoms. The van der Waals surface area contributed by atoms with E-state index in [9.17, 15) is 4.79 Å². The molecule has 1 aromatic heterocycles. The Morgan fingerprint density at radius 1 is 1.45 bits per heavy atom. The van der Waals surface area contributed by atoms with Crippen molar-refractivity contribution < 1.29 is 13.9 Å². The number of benzene rings is 1. The third-order valence-electron chi connectivity index (χ3n) is 3.80. The largest absolute Gasteiger partial charge is 0.484 e. The minimum atomic E-state index is -0.458. The molecule has 2 aromatic rings. The molecular formula is C16H17BrN2O3. The summed E-state index contributed by atoms with van der Waals surface area (Å²) in [4.78, 5) is 13.4. The van der Waals surface area contributed by atoms with Crippen molar-refractivity contribution in [2.45, 2.75) is 19.1 Å².